The topological polar surface area (TPSA) is 170 Å². The van der Waals surface area contributed by atoms with E-state index >= 15 is 0 Å². The predicted octanol–water partition coefficient (Wildman–Crippen LogP) is 0.113. The zero-order chi connectivity index (χ0) is 18.4. The Kier molecular flexibility index (Phi) is 10.2. The van der Waals surface area contributed by atoms with Crippen molar-refractivity contribution in [3.63, 3.8) is 0 Å². The van der Waals surface area contributed by atoms with Crippen LogP contribution in [-0.4, -0.2) is 68.6 Å². The molecule has 1 aromatic carbocycles. The van der Waals surface area contributed by atoms with Gasteiger partial charge in [-0.1, -0.05) is 30.3 Å². The van der Waals surface area contributed by atoms with Gasteiger partial charge in [0.15, 0.2) is 5.78 Å². The lowest BCUT2D eigenvalue weighted by atomic mass is 10.0. The van der Waals surface area contributed by atoms with E-state index in [0.717, 1.165) is 10.5 Å². The molecule has 1 fully saturated rings. The highest BCUT2D eigenvalue weighted by Crippen LogP contribution is 2.19. The monoisotopic (exact) mass is 384 g/mol. The molecular weight excluding hydrogens is 356 g/mol. The van der Waals surface area contributed by atoms with Crippen molar-refractivity contribution >= 4 is 17.8 Å². The Labute approximate surface area is 157 Å². The number of likely N-dealkylation sites (tertiary alicyclic amines) is 1. The number of ketones is 1. The summed E-state index contributed by atoms with van der Waals surface area (Å²) >= 11 is 0. The third-order valence-corrected chi connectivity index (χ3v) is 4.57. The Morgan fingerprint density at radius 3 is 2.37 bits per heavy atom. The van der Waals surface area contributed by atoms with Crippen molar-refractivity contribution in [2.24, 2.45) is 0 Å². The minimum absolute atomic E-state index is 0. The highest BCUT2D eigenvalue weighted by Gasteiger charge is 2.37. The summed E-state index contributed by atoms with van der Waals surface area (Å²) in [5.74, 6) is -1.29. The zero-order valence-electron chi connectivity index (χ0n) is 15.2. The lowest BCUT2D eigenvalue weighted by Crippen LogP contribution is -2.52. The van der Waals surface area contributed by atoms with E-state index in [1.165, 1.54) is 0 Å². The van der Waals surface area contributed by atoms with Crippen LogP contribution < -0.4 is 5.32 Å². The first-order chi connectivity index (χ1) is 11.9. The van der Waals surface area contributed by atoms with Crippen LogP contribution in [0.1, 0.15) is 31.7 Å². The van der Waals surface area contributed by atoms with Crippen LogP contribution in [0.15, 0.2) is 30.3 Å². The molecule has 0 radical (unpaired) electrons. The standard InChI is InChI=1S/C18H24N2O5.2H2O/c1-12(16(21)15-8-5-11-20(15)18(24)25)19-14(17(22)23)10-9-13-6-3-2-4-7-13;;/h2-4,6-7,12,14-15,19H,5,8-11H2,1H3,(H,22,23)(H,24,25);2*1H2. The molecular formula is C18H28N2O7. The summed E-state index contributed by atoms with van der Waals surface area (Å²) in [5.41, 5.74) is 1.03. The Bertz CT molecular complexity index is 623. The molecule has 1 aliphatic rings. The van der Waals surface area contributed by atoms with Crippen molar-refractivity contribution in [3.8, 4) is 0 Å². The van der Waals surface area contributed by atoms with Gasteiger partial charge < -0.3 is 21.2 Å². The summed E-state index contributed by atoms with van der Waals surface area (Å²) in [4.78, 5) is 36.4. The molecule has 9 nitrogen and oxygen atoms in total. The lowest BCUT2D eigenvalue weighted by molar-refractivity contribution is -0.140. The summed E-state index contributed by atoms with van der Waals surface area (Å²) < 4.78 is 0. The molecule has 7 N–H and O–H groups in total. The van der Waals surface area contributed by atoms with Gasteiger partial charge in [-0.25, -0.2) is 4.79 Å². The number of hydrogen-bond acceptors (Lipinski definition) is 4. The van der Waals surface area contributed by atoms with Crippen LogP contribution in [0.3, 0.4) is 0 Å². The number of nitrogens with zero attached hydrogens (tertiary/aromatic N) is 1. The van der Waals surface area contributed by atoms with Gasteiger partial charge in [0.05, 0.1) is 12.1 Å². The molecule has 0 aliphatic carbocycles. The fourth-order valence-electron chi connectivity index (χ4n) is 3.20. The van der Waals surface area contributed by atoms with Crippen molar-refractivity contribution in [1.29, 1.82) is 0 Å². The highest BCUT2D eigenvalue weighted by atomic mass is 16.4. The fourth-order valence-corrected chi connectivity index (χ4v) is 3.20. The Morgan fingerprint density at radius 1 is 1.19 bits per heavy atom. The molecule has 1 aliphatic heterocycles. The average Bonchev–Trinajstić information content (AvgIpc) is 3.08. The maximum absolute atomic E-state index is 12.5. The molecule has 27 heavy (non-hydrogen) atoms. The van der Waals surface area contributed by atoms with Gasteiger partial charge in [-0.15, -0.1) is 0 Å². The Hall–Kier alpha value is -2.49. The van der Waals surface area contributed by atoms with Gasteiger partial charge in [0.2, 0.25) is 0 Å². The molecule has 1 aromatic rings. The third kappa shape index (κ3) is 6.63. The van der Waals surface area contributed by atoms with Crippen molar-refractivity contribution in [2.75, 3.05) is 6.54 Å². The van der Waals surface area contributed by atoms with Gasteiger partial charge >= 0.3 is 12.1 Å². The number of carbonyl (C=O) groups is 3. The van der Waals surface area contributed by atoms with Crippen LogP contribution in [0.4, 0.5) is 4.79 Å². The summed E-state index contributed by atoms with van der Waals surface area (Å²) in [7, 11) is 0. The normalized spacial score (nSPS) is 18.0. The summed E-state index contributed by atoms with van der Waals surface area (Å²) in [6, 6.07) is 7.26. The minimum Gasteiger partial charge on any atom is -0.480 e. The van der Waals surface area contributed by atoms with E-state index in [1.54, 1.807) is 6.92 Å². The second-order valence-electron chi connectivity index (χ2n) is 6.34. The van der Waals surface area contributed by atoms with Gasteiger partial charge in [0, 0.05) is 6.54 Å². The van der Waals surface area contributed by atoms with Crippen LogP contribution in [0, 0.1) is 0 Å². The molecule has 3 unspecified atom stereocenters. The number of carboxylic acids is 1. The number of aryl methyl sites for hydroxylation is 1. The molecule has 9 heteroatoms. The van der Waals surface area contributed by atoms with Crippen molar-refractivity contribution in [2.45, 2.75) is 50.7 Å². The van der Waals surface area contributed by atoms with Crippen LogP contribution in [-0.2, 0) is 16.0 Å². The van der Waals surface area contributed by atoms with Gasteiger partial charge in [0.1, 0.15) is 6.04 Å². The Morgan fingerprint density at radius 2 is 1.81 bits per heavy atom. The first-order valence-corrected chi connectivity index (χ1v) is 8.46. The second-order valence-corrected chi connectivity index (χ2v) is 6.34. The predicted molar refractivity (Wildman–Crippen MR) is 98.8 cm³/mol. The summed E-state index contributed by atoms with van der Waals surface area (Å²) in [5, 5.41) is 21.4. The molecule has 2 rings (SSSR count). The third-order valence-electron chi connectivity index (χ3n) is 4.57. The van der Waals surface area contributed by atoms with Crippen LogP contribution >= 0.6 is 0 Å². The molecule has 1 heterocycles. The van der Waals surface area contributed by atoms with Gasteiger partial charge in [0.25, 0.3) is 0 Å². The van der Waals surface area contributed by atoms with Gasteiger partial charge in [-0.3, -0.25) is 19.8 Å². The van der Waals surface area contributed by atoms with E-state index in [1.807, 2.05) is 30.3 Å². The van der Waals surface area contributed by atoms with Crippen molar-refractivity contribution in [3.05, 3.63) is 35.9 Å². The number of Topliss-reactive ketones (excluding diaryl/α,β-unsaturated/α-hetero) is 1. The number of benzene rings is 1. The minimum atomic E-state index is -1.11. The molecule has 0 bridgehead atoms. The Balaban J connectivity index is 0.00000338. The van der Waals surface area contributed by atoms with E-state index in [4.69, 9.17) is 5.11 Å². The first-order valence-electron chi connectivity index (χ1n) is 8.46. The number of hydrogen-bond donors (Lipinski definition) is 3. The largest absolute Gasteiger partial charge is 0.480 e. The maximum Gasteiger partial charge on any atom is 0.407 e. The van der Waals surface area contributed by atoms with E-state index in [9.17, 15) is 19.5 Å². The van der Waals surface area contributed by atoms with E-state index in [-0.39, 0.29) is 16.7 Å². The zero-order valence-corrected chi connectivity index (χ0v) is 15.2. The summed E-state index contributed by atoms with van der Waals surface area (Å²) in [6.07, 6.45) is 0.952. The molecule has 0 spiro atoms. The molecule has 0 aromatic heterocycles. The summed E-state index contributed by atoms with van der Waals surface area (Å²) in [6.45, 7) is 1.94. The van der Waals surface area contributed by atoms with Crippen molar-refractivity contribution in [1.82, 2.24) is 10.2 Å². The molecule has 1 saturated heterocycles. The fraction of sp³-hybridized carbons (Fsp3) is 0.500. The first kappa shape index (κ1) is 24.5. The average molecular weight is 384 g/mol. The van der Waals surface area contributed by atoms with E-state index < -0.39 is 30.2 Å². The molecule has 152 valence electrons. The number of rotatable bonds is 8. The second kappa shape index (κ2) is 11.3. The number of carboxylic acid groups (broad SMARTS) is 2. The molecule has 1 amide bonds. The highest BCUT2D eigenvalue weighted by molar-refractivity contribution is 5.92. The smallest absolute Gasteiger partial charge is 0.407 e. The number of amides is 1. The quantitative estimate of drug-likeness (QED) is 0.574. The molecule has 0 saturated carbocycles. The number of nitrogens with one attached hydrogen (secondary N) is 1. The molecule has 3 atom stereocenters. The van der Waals surface area contributed by atoms with Crippen LogP contribution in [0.5, 0.6) is 0 Å². The number of aliphatic carboxylic acids is 1. The van der Waals surface area contributed by atoms with Gasteiger partial charge in [-0.2, -0.15) is 0 Å². The van der Waals surface area contributed by atoms with Crippen molar-refractivity contribution < 1.29 is 35.5 Å². The van der Waals surface area contributed by atoms with E-state index in [0.29, 0.717) is 32.2 Å². The van der Waals surface area contributed by atoms with Gasteiger partial charge in [-0.05, 0) is 38.2 Å². The van der Waals surface area contributed by atoms with Crippen LogP contribution in [0.2, 0.25) is 0 Å². The lowest BCUT2D eigenvalue weighted by Gasteiger charge is -2.25. The van der Waals surface area contributed by atoms with E-state index in [2.05, 4.69) is 5.32 Å². The SMILES string of the molecule is CC(NC(CCc1ccccc1)C(=O)O)C(=O)C1CCCN1C(=O)O.O.O. The maximum atomic E-state index is 12.5. The number of carbonyl (C=O) groups excluding carboxylic acids is 1. The van der Waals surface area contributed by atoms with Crippen LogP contribution in [0.25, 0.3) is 0 Å².